The standard InChI is InChI=1S/C17H13N5O/c18-15-13(14(21-22-15)10-6-2-1-3-7-10)16-19-12-9-5-4-8-11(12)17(23)20-16/h1-9H,(H3,18,21,22)(H,19,20,23). The molecule has 2 aromatic heterocycles. The highest BCUT2D eigenvalue weighted by molar-refractivity contribution is 5.87. The molecule has 0 atom stereocenters. The SMILES string of the molecule is Nc1n[nH]c(-c2ccccc2)c1-c1nc2ccccc2c(=O)[nH]1. The Bertz CT molecular complexity index is 1050. The molecule has 2 aromatic carbocycles. The van der Waals surface area contributed by atoms with Crippen molar-refractivity contribution < 1.29 is 0 Å². The van der Waals surface area contributed by atoms with E-state index in [0.717, 1.165) is 11.3 Å². The second kappa shape index (κ2) is 5.10. The molecule has 2 heterocycles. The van der Waals surface area contributed by atoms with Crippen LogP contribution in [0.15, 0.2) is 59.4 Å². The van der Waals surface area contributed by atoms with Gasteiger partial charge in [0.15, 0.2) is 5.82 Å². The Hall–Kier alpha value is -3.41. The zero-order valence-electron chi connectivity index (χ0n) is 12.1. The van der Waals surface area contributed by atoms with E-state index in [1.165, 1.54) is 0 Å². The summed E-state index contributed by atoms with van der Waals surface area (Å²) in [5.41, 5.74) is 8.65. The molecule has 0 aliphatic carbocycles. The summed E-state index contributed by atoms with van der Waals surface area (Å²) in [6.07, 6.45) is 0. The first-order valence-electron chi connectivity index (χ1n) is 7.13. The molecule has 0 unspecified atom stereocenters. The number of aromatic nitrogens is 4. The number of fused-ring (bicyclic) bond motifs is 1. The van der Waals surface area contributed by atoms with Crippen LogP contribution in [0, 0.1) is 0 Å². The van der Waals surface area contributed by atoms with Crippen molar-refractivity contribution in [2.24, 2.45) is 0 Å². The van der Waals surface area contributed by atoms with E-state index in [-0.39, 0.29) is 5.56 Å². The van der Waals surface area contributed by atoms with E-state index in [2.05, 4.69) is 20.2 Å². The van der Waals surface area contributed by atoms with Crippen LogP contribution in [-0.2, 0) is 0 Å². The third kappa shape index (κ3) is 2.17. The molecule has 4 rings (SSSR count). The number of nitrogens with one attached hydrogen (secondary N) is 2. The summed E-state index contributed by atoms with van der Waals surface area (Å²) in [7, 11) is 0. The number of benzene rings is 2. The van der Waals surface area contributed by atoms with Gasteiger partial charge in [-0.25, -0.2) is 4.98 Å². The van der Waals surface area contributed by atoms with E-state index in [1.807, 2.05) is 36.4 Å². The maximum absolute atomic E-state index is 12.3. The van der Waals surface area contributed by atoms with Crippen LogP contribution in [0.5, 0.6) is 0 Å². The summed E-state index contributed by atoms with van der Waals surface area (Å²) in [6.45, 7) is 0. The van der Waals surface area contributed by atoms with Crippen LogP contribution < -0.4 is 11.3 Å². The van der Waals surface area contributed by atoms with Gasteiger partial charge in [-0.1, -0.05) is 42.5 Å². The molecule has 0 saturated carbocycles. The number of hydrogen-bond acceptors (Lipinski definition) is 4. The van der Waals surface area contributed by atoms with Gasteiger partial charge in [-0.3, -0.25) is 9.89 Å². The summed E-state index contributed by atoms with van der Waals surface area (Å²) < 4.78 is 0. The predicted molar refractivity (Wildman–Crippen MR) is 89.8 cm³/mol. The number of anilines is 1. The highest BCUT2D eigenvalue weighted by atomic mass is 16.1. The monoisotopic (exact) mass is 303 g/mol. The van der Waals surface area contributed by atoms with E-state index in [9.17, 15) is 4.79 Å². The topological polar surface area (TPSA) is 100 Å². The molecular weight excluding hydrogens is 290 g/mol. The van der Waals surface area contributed by atoms with Gasteiger partial charge in [-0.05, 0) is 12.1 Å². The first-order chi connectivity index (χ1) is 11.2. The molecule has 112 valence electrons. The second-order valence-electron chi connectivity index (χ2n) is 5.16. The van der Waals surface area contributed by atoms with Gasteiger partial charge in [-0.2, -0.15) is 5.10 Å². The molecule has 6 nitrogen and oxygen atoms in total. The maximum atomic E-state index is 12.3. The Balaban J connectivity index is 1.99. The van der Waals surface area contributed by atoms with Crippen LogP contribution in [0.25, 0.3) is 33.5 Å². The lowest BCUT2D eigenvalue weighted by Gasteiger charge is -2.05. The Morgan fingerprint density at radius 3 is 2.52 bits per heavy atom. The predicted octanol–water partition coefficient (Wildman–Crippen LogP) is 2.56. The molecule has 4 N–H and O–H groups in total. The van der Waals surface area contributed by atoms with E-state index in [4.69, 9.17) is 5.73 Å². The Morgan fingerprint density at radius 2 is 1.70 bits per heavy atom. The number of para-hydroxylation sites is 1. The van der Waals surface area contributed by atoms with Crippen molar-refractivity contribution in [2.45, 2.75) is 0 Å². The normalized spacial score (nSPS) is 11.0. The number of nitrogens with two attached hydrogens (primary N) is 1. The number of nitrogens with zero attached hydrogens (tertiary/aromatic N) is 2. The molecule has 0 bridgehead atoms. The summed E-state index contributed by atoms with van der Waals surface area (Å²) in [4.78, 5) is 19.6. The quantitative estimate of drug-likeness (QED) is 0.530. The van der Waals surface area contributed by atoms with Gasteiger partial charge in [0.25, 0.3) is 5.56 Å². The van der Waals surface area contributed by atoms with Crippen molar-refractivity contribution in [3.8, 4) is 22.6 Å². The van der Waals surface area contributed by atoms with Crippen LogP contribution >= 0.6 is 0 Å². The molecule has 4 aromatic rings. The minimum atomic E-state index is -0.204. The summed E-state index contributed by atoms with van der Waals surface area (Å²) in [5.74, 6) is 0.695. The number of hydrogen-bond donors (Lipinski definition) is 3. The number of H-pyrrole nitrogens is 2. The van der Waals surface area contributed by atoms with Crippen molar-refractivity contribution in [2.75, 3.05) is 5.73 Å². The highest BCUT2D eigenvalue weighted by Crippen LogP contribution is 2.32. The van der Waals surface area contributed by atoms with Crippen molar-refractivity contribution in [1.29, 1.82) is 0 Å². The molecule has 6 heteroatoms. The summed E-state index contributed by atoms with van der Waals surface area (Å²) in [5, 5.41) is 7.53. The minimum absolute atomic E-state index is 0.204. The fourth-order valence-corrected chi connectivity index (χ4v) is 2.61. The molecule has 0 saturated heterocycles. The Labute approximate surface area is 131 Å². The first kappa shape index (κ1) is 13.3. The van der Waals surface area contributed by atoms with E-state index in [0.29, 0.717) is 28.1 Å². The zero-order valence-corrected chi connectivity index (χ0v) is 12.1. The van der Waals surface area contributed by atoms with Crippen LogP contribution in [-0.4, -0.2) is 20.2 Å². The third-order valence-corrected chi connectivity index (χ3v) is 3.71. The van der Waals surface area contributed by atoms with E-state index < -0.39 is 0 Å². The summed E-state index contributed by atoms with van der Waals surface area (Å²) >= 11 is 0. The lowest BCUT2D eigenvalue weighted by molar-refractivity contribution is 1.10. The van der Waals surface area contributed by atoms with Gasteiger partial charge in [0.1, 0.15) is 5.82 Å². The maximum Gasteiger partial charge on any atom is 0.259 e. The number of nitrogen functional groups attached to an aromatic ring is 1. The zero-order chi connectivity index (χ0) is 15.8. The van der Waals surface area contributed by atoms with Crippen LogP contribution in [0.1, 0.15) is 0 Å². The molecule has 0 fully saturated rings. The van der Waals surface area contributed by atoms with Gasteiger partial charge in [0.2, 0.25) is 0 Å². The van der Waals surface area contributed by atoms with Gasteiger partial charge in [0.05, 0.1) is 22.2 Å². The smallest absolute Gasteiger partial charge is 0.259 e. The number of rotatable bonds is 2. The van der Waals surface area contributed by atoms with E-state index >= 15 is 0 Å². The minimum Gasteiger partial charge on any atom is -0.382 e. The van der Waals surface area contributed by atoms with Crippen molar-refractivity contribution in [1.82, 2.24) is 20.2 Å². The molecule has 0 radical (unpaired) electrons. The van der Waals surface area contributed by atoms with Gasteiger partial charge < -0.3 is 10.7 Å². The van der Waals surface area contributed by atoms with Crippen molar-refractivity contribution >= 4 is 16.7 Å². The molecule has 0 amide bonds. The molecular formula is C17H13N5O. The van der Waals surface area contributed by atoms with Crippen molar-refractivity contribution in [3.63, 3.8) is 0 Å². The second-order valence-corrected chi connectivity index (χ2v) is 5.16. The molecule has 23 heavy (non-hydrogen) atoms. The van der Waals surface area contributed by atoms with Crippen LogP contribution in [0.2, 0.25) is 0 Å². The fourth-order valence-electron chi connectivity index (χ4n) is 2.61. The number of aromatic amines is 2. The largest absolute Gasteiger partial charge is 0.382 e. The average Bonchev–Trinajstić information content (AvgIpc) is 2.97. The first-order valence-corrected chi connectivity index (χ1v) is 7.13. The molecule has 0 aliphatic heterocycles. The Kier molecular flexibility index (Phi) is 2.94. The fraction of sp³-hybridized carbons (Fsp3) is 0. The van der Waals surface area contributed by atoms with Crippen LogP contribution in [0.3, 0.4) is 0 Å². The van der Waals surface area contributed by atoms with Gasteiger partial charge in [-0.15, -0.1) is 0 Å². The van der Waals surface area contributed by atoms with Gasteiger partial charge >= 0.3 is 0 Å². The molecule has 0 aliphatic rings. The molecule has 0 spiro atoms. The van der Waals surface area contributed by atoms with Crippen molar-refractivity contribution in [3.05, 3.63) is 65.0 Å². The van der Waals surface area contributed by atoms with Gasteiger partial charge in [0, 0.05) is 5.56 Å². The highest BCUT2D eigenvalue weighted by Gasteiger charge is 2.17. The average molecular weight is 303 g/mol. The lowest BCUT2D eigenvalue weighted by Crippen LogP contribution is -2.10. The summed E-state index contributed by atoms with van der Waals surface area (Å²) in [6, 6.07) is 16.8. The van der Waals surface area contributed by atoms with E-state index in [1.54, 1.807) is 18.2 Å². The van der Waals surface area contributed by atoms with Crippen LogP contribution in [0.4, 0.5) is 5.82 Å². The Morgan fingerprint density at radius 1 is 0.957 bits per heavy atom. The third-order valence-electron chi connectivity index (χ3n) is 3.71. The lowest BCUT2D eigenvalue weighted by atomic mass is 10.1.